The molecule has 1 fully saturated rings. The molecule has 6 heteroatoms. The maximum atomic E-state index is 12.7. The van der Waals surface area contributed by atoms with Gasteiger partial charge in [-0.2, -0.15) is 5.10 Å². The maximum absolute atomic E-state index is 12.7. The van der Waals surface area contributed by atoms with Crippen LogP contribution in [0.25, 0.3) is 5.65 Å². The van der Waals surface area contributed by atoms with Gasteiger partial charge < -0.3 is 10.2 Å². The first-order chi connectivity index (χ1) is 11.3. The van der Waals surface area contributed by atoms with Crippen LogP contribution in [0.3, 0.4) is 0 Å². The van der Waals surface area contributed by atoms with Gasteiger partial charge in [-0.3, -0.25) is 4.79 Å². The molecule has 3 heterocycles. The molecular formula is C17H17N5O. The highest BCUT2D eigenvalue weighted by Gasteiger charge is 2.26. The van der Waals surface area contributed by atoms with Crippen molar-refractivity contribution in [3.63, 3.8) is 0 Å². The summed E-state index contributed by atoms with van der Waals surface area (Å²) in [6.07, 6.45) is 3.49. The minimum absolute atomic E-state index is 0.0436. The van der Waals surface area contributed by atoms with Gasteiger partial charge in [0.2, 0.25) is 0 Å². The van der Waals surface area contributed by atoms with E-state index in [4.69, 9.17) is 0 Å². The largest absolute Gasteiger partial charge is 0.334 e. The summed E-state index contributed by atoms with van der Waals surface area (Å²) in [5.41, 5.74) is 2.32. The van der Waals surface area contributed by atoms with Crippen LogP contribution in [0.4, 0.5) is 0 Å². The Labute approximate surface area is 133 Å². The summed E-state index contributed by atoms with van der Waals surface area (Å²) in [6, 6.07) is 13.9. The first-order valence-electron chi connectivity index (χ1n) is 7.69. The zero-order valence-electron chi connectivity index (χ0n) is 12.6. The fourth-order valence-electron chi connectivity index (χ4n) is 2.94. The van der Waals surface area contributed by atoms with E-state index >= 15 is 0 Å². The van der Waals surface area contributed by atoms with Crippen molar-refractivity contribution in [3.05, 3.63) is 66.1 Å². The van der Waals surface area contributed by atoms with E-state index in [0.29, 0.717) is 24.4 Å². The molecule has 1 aliphatic rings. The number of nitrogens with one attached hydrogen (secondary N) is 1. The van der Waals surface area contributed by atoms with Gasteiger partial charge in [-0.1, -0.05) is 30.3 Å². The second-order valence-corrected chi connectivity index (χ2v) is 5.62. The number of hydrogen-bond donors (Lipinski definition) is 1. The second kappa shape index (κ2) is 5.81. The smallest absolute Gasteiger partial charge is 0.274 e. The molecule has 1 aliphatic heterocycles. The van der Waals surface area contributed by atoms with Gasteiger partial charge in [0.05, 0.1) is 0 Å². The molecule has 0 radical (unpaired) electrons. The van der Waals surface area contributed by atoms with E-state index < -0.39 is 0 Å². The van der Waals surface area contributed by atoms with Gasteiger partial charge in [-0.15, -0.1) is 0 Å². The normalized spacial score (nSPS) is 18.3. The summed E-state index contributed by atoms with van der Waals surface area (Å²) in [5.74, 6) is -0.0436. The summed E-state index contributed by atoms with van der Waals surface area (Å²) in [7, 11) is 0. The Morgan fingerprint density at radius 1 is 1.22 bits per heavy atom. The van der Waals surface area contributed by atoms with Gasteiger partial charge in [0.1, 0.15) is 0 Å². The van der Waals surface area contributed by atoms with E-state index in [1.165, 1.54) is 5.56 Å². The highest BCUT2D eigenvalue weighted by Crippen LogP contribution is 2.18. The standard InChI is InChI=1S/C17H17N5O/c23-17(14-11-16-19-7-4-9-22(16)20-14)21-10-8-18-15(12-21)13-5-2-1-3-6-13/h1-7,9,11,15,18H,8,10,12H2. The van der Waals surface area contributed by atoms with E-state index in [2.05, 4.69) is 27.5 Å². The minimum atomic E-state index is -0.0436. The number of nitrogens with zero attached hydrogens (tertiary/aromatic N) is 4. The number of aromatic nitrogens is 3. The molecule has 0 aliphatic carbocycles. The number of fused-ring (bicyclic) bond motifs is 1. The first kappa shape index (κ1) is 13.9. The summed E-state index contributed by atoms with van der Waals surface area (Å²) < 4.78 is 1.63. The average molecular weight is 307 g/mol. The van der Waals surface area contributed by atoms with Crippen molar-refractivity contribution in [2.24, 2.45) is 0 Å². The van der Waals surface area contributed by atoms with Crippen molar-refractivity contribution < 1.29 is 4.79 Å². The maximum Gasteiger partial charge on any atom is 0.274 e. The van der Waals surface area contributed by atoms with Gasteiger partial charge >= 0.3 is 0 Å². The zero-order chi connectivity index (χ0) is 15.6. The molecule has 116 valence electrons. The minimum Gasteiger partial charge on any atom is -0.334 e. The molecule has 1 saturated heterocycles. The van der Waals surface area contributed by atoms with Gasteiger partial charge in [-0.05, 0) is 11.6 Å². The van der Waals surface area contributed by atoms with E-state index in [1.54, 1.807) is 29.0 Å². The predicted molar refractivity (Wildman–Crippen MR) is 86.1 cm³/mol. The van der Waals surface area contributed by atoms with E-state index in [9.17, 15) is 4.79 Å². The number of amides is 1. The number of benzene rings is 1. The molecular weight excluding hydrogens is 290 g/mol. The number of carbonyl (C=O) groups excluding carboxylic acids is 1. The van der Waals surface area contributed by atoms with E-state index in [-0.39, 0.29) is 11.9 Å². The summed E-state index contributed by atoms with van der Waals surface area (Å²) >= 11 is 0. The van der Waals surface area contributed by atoms with Gasteiger partial charge in [0, 0.05) is 44.1 Å². The Morgan fingerprint density at radius 2 is 2.09 bits per heavy atom. The summed E-state index contributed by atoms with van der Waals surface area (Å²) in [5, 5.41) is 7.79. The van der Waals surface area contributed by atoms with Crippen molar-refractivity contribution in [3.8, 4) is 0 Å². The monoisotopic (exact) mass is 307 g/mol. The van der Waals surface area contributed by atoms with Crippen LogP contribution < -0.4 is 5.32 Å². The molecule has 1 unspecified atom stereocenters. The second-order valence-electron chi connectivity index (χ2n) is 5.62. The fourth-order valence-corrected chi connectivity index (χ4v) is 2.94. The number of piperazine rings is 1. The fraction of sp³-hybridized carbons (Fsp3) is 0.235. The van der Waals surface area contributed by atoms with Crippen LogP contribution in [-0.2, 0) is 0 Å². The molecule has 0 bridgehead atoms. The lowest BCUT2D eigenvalue weighted by Gasteiger charge is -2.33. The lowest BCUT2D eigenvalue weighted by Crippen LogP contribution is -2.48. The van der Waals surface area contributed by atoms with Crippen molar-refractivity contribution in [2.75, 3.05) is 19.6 Å². The van der Waals surface area contributed by atoms with Crippen LogP contribution in [0.2, 0.25) is 0 Å². The third-order valence-corrected chi connectivity index (χ3v) is 4.12. The molecule has 23 heavy (non-hydrogen) atoms. The van der Waals surface area contributed by atoms with Crippen LogP contribution >= 0.6 is 0 Å². The predicted octanol–water partition coefficient (Wildman–Crippen LogP) is 1.52. The van der Waals surface area contributed by atoms with E-state index in [0.717, 1.165) is 6.54 Å². The highest BCUT2D eigenvalue weighted by atomic mass is 16.2. The van der Waals surface area contributed by atoms with Gasteiger partial charge in [-0.25, -0.2) is 9.50 Å². The Morgan fingerprint density at radius 3 is 2.91 bits per heavy atom. The molecule has 1 aromatic carbocycles. The molecule has 0 spiro atoms. The summed E-state index contributed by atoms with van der Waals surface area (Å²) in [6.45, 7) is 2.10. The number of carbonyl (C=O) groups is 1. The van der Waals surface area contributed by atoms with Crippen molar-refractivity contribution in [1.82, 2.24) is 24.8 Å². The lowest BCUT2D eigenvalue weighted by molar-refractivity contribution is 0.0696. The topological polar surface area (TPSA) is 62.5 Å². The molecule has 1 amide bonds. The van der Waals surface area contributed by atoms with Crippen molar-refractivity contribution in [1.29, 1.82) is 0 Å². The molecule has 0 saturated carbocycles. The number of rotatable bonds is 2. The van der Waals surface area contributed by atoms with Crippen LogP contribution in [0, 0.1) is 0 Å². The van der Waals surface area contributed by atoms with Crippen LogP contribution in [-0.4, -0.2) is 45.0 Å². The Bertz CT molecular complexity index is 796. The zero-order valence-corrected chi connectivity index (χ0v) is 12.6. The molecule has 2 aromatic heterocycles. The van der Waals surface area contributed by atoms with Crippen molar-refractivity contribution in [2.45, 2.75) is 6.04 Å². The third kappa shape index (κ3) is 2.68. The summed E-state index contributed by atoms with van der Waals surface area (Å²) in [4.78, 5) is 18.8. The molecule has 1 atom stereocenters. The molecule has 1 N–H and O–H groups in total. The van der Waals surface area contributed by atoms with Gasteiger partial charge in [0.25, 0.3) is 5.91 Å². The Hall–Kier alpha value is -2.73. The molecule has 4 rings (SSSR count). The molecule has 3 aromatic rings. The third-order valence-electron chi connectivity index (χ3n) is 4.12. The quantitative estimate of drug-likeness (QED) is 0.779. The van der Waals surface area contributed by atoms with Crippen LogP contribution in [0.1, 0.15) is 22.1 Å². The van der Waals surface area contributed by atoms with Crippen molar-refractivity contribution >= 4 is 11.6 Å². The first-order valence-corrected chi connectivity index (χ1v) is 7.69. The Balaban J connectivity index is 1.56. The lowest BCUT2D eigenvalue weighted by atomic mass is 10.0. The molecule has 6 nitrogen and oxygen atoms in total. The highest BCUT2D eigenvalue weighted by molar-refractivity contribution is 5.93. The van der Waals surface area contributed by atoms with E-state index in [1.807, 2.05) is 23.1 Å². The SMILES string of the molecule is O=C(c1cc2ncccn2n1)N1CCNC(c2ccccc2)C1. The van der Waals surface area contributed by atoms with Crippen LogP contribution in [0.15, 0.2) is 54.9 Å². The number of hydrogen-bond acceptors (Lipinski definition) is 4. The van der Waals surface area contributed by atoms with Crippen LogP contribution in [0.5, 0.6) is 0 Å². The average Bonchev–Trinajstić information content (AvgIpc) is 3.06. The van der Waals surface area contributed by atoms with Gasteiger partial charge in [0.15, 0.2) is 11.3 Å². The Kier molecular flexibility index (Phi) is 3.51.